The van der Waals surface area contributed by atoms with Crippen molar-refractivity contribution in [3.8, 4) is 17.0 Å². The van der Waals surface area contributed by atoms with Crippen molar-refractivity contribution in [1.82, 2.24) is 25.5 Å². The first-order chi connectivity index (χ1) is 18.0. The van der Waals surface area contributed by atoms with Crippen LogP contribution in [0.5, 0.6) is 5.75 Å². The minimum Gasteiger partial charge on any atom is -0.504 e. The molecule has 0 aliphatic heterocycles. The first-order valence-electron chi connectivity index (χ1n) is 11.1. The molecule has 4 rings (SSSR count). The zero-order valence-corrected chi connectivity index (χ0v) is 20.9. The Balaban J connectivity index is 1.43. The number of thiophene rings is 1. The molecule has 0 saturated carbocycles. The van der Waals surface area contributed by atoms with Crippen LogP contribution in [0, 0.1) is 0 Å². The molecule has 0 fully saturated rings. The summed E-state index contributed by atoms with van der Waals surface area (Å²) < 4.78 is 39.9. The van der Waals surface area contributed by atoms with E-state index in [0.717, 1.165) is 29.0 Å². The predicted octanol–water partition coefficient (Wildman–Crippen LogP) is 4.35. The number of nitrogens with zero attached hydrogens (tertiary/aromatic N) is 4. The van der Waals surface area contributed by atoms with Gasteiger partial charge in [0.15, 0.2) is 11.4 Å². The maximum Gasteiger partial charge on any atom is 0.416 e. The quantitative estimate of drug-likeness (QED) is 0.237. The smallest absolute Gasteiger partial charge is 0.416 e. The molecular formula is C25H21F3N6O3S. The molecule has 3 heterocycles. The van der Waals surface area contributed by atoms with Crippen LogP contribution in [0.1, 0.15) is 43.1 Å². The third-order valence-corrected chi connectivity index (χ3v) is 6.51. The van der Waals surface area contributed by atoms with Gasteiger partial charge < -0.3 is 10.4 Å². The molecule has 3 N–H and O–H groups in total. The number of aromatic hydroxyl groups is 1. The Morgan fingerprint density at radius 3 is 2.29 bits per heavy atom. The highest BCUT2D eigenvalue weighted by atomic mass is 32.1. The highest BCUT2D eigenvalue weighted by molar-refractivity contribution is 7.15. The lowest BCUT2D eigenvalue weighted by Crippen LogP contribution is -2.21. The number of aryl methyl sites for hydroxylation is 1. The number of hydrogen-bond acceptors (Lipinski definition) is 7. The number of rotatable bonds is 7. The Morgan fingerprint density at radius 2 is 1.66 bits per heavy atom. The molecule has 3 aromatic heterocycles. The number of halogens is 3. The number of hydrogen-bond donors (Lipinski definition) is 3. The summed E-state index contributed by atoms with van der Waals surface area (Å²) in [6.07, 6.45) is -1.23. The van der Waals surface area contributed by atoms with Gasteiger partial charge in [-0.3, -0.25) is 19.3 Å². The summed E-state index contributed by atoms with van der Waals surface area (Å²) in [7, 11) is 1.52. The molecule has 0 aliphatic carbocycles. The average Bonchev–Trinajstić information content (AvgIpc) is 3.50. The first kappa shape index (κ1) is 26.5. The van der Waals surface area contributed by atoms with Crippen LogP contribution < -0.4 is 10.7 Å². The summed E-state index contributed by atoms with van der Waals surface area (Å²) >= 11 is 0.987. The van der Waals surface area contributed by atoms with Crippen molar-refractivity contribution < 1.29 is 27.9 Å². The van der Waals surface area contributed by atoms with Gasteiger partial charge in [0, 0.05) is 31.5 Å². The third kappa shape index (κ3) is 5.89. The van der Waals surface area contributed by atoms with Crippen LogP contribution in [0.15, 0.2) is 66.0 Å². The average molecular weight is 543 g/mol. The molecule has 2 amide bonds. The van der Waals surface area contributed by atoms with Crippen LogP contribution in [0.2, 0.25) is 0 Å². The van der Waals surface area contributed by atoms with E-state index in [1.54, 1.807) is 24.5 Å². The maximum atomic E-state index is 12.9. The van der Waals surface area contributed by atoms with E-state index in [1.807, 2.05) is 0 Å². The number of pyridine rings is 1. The van der Waals surface area contributed by atoms with Crippen LogP contribution in [-0.4, -0.2) is 37.4 Å². The van der Waals surface area contributed by atoms with Gasteiger partial charge in [0.25, 0.3) is 11.8 Å². The van der Waals surface area contributed by atoms with Gasteiger partial charge in [-0.15, -0.1) is 11.3 Å². The standard InChI is InChI=1S/C25H21F3N6O3S/c1-14(20-22(35)21(34(2)33-20)16-3-5-17(6-4-16)25(26,27)28)31-32-24(37)19-8-7-18(38-19)23(36)30-13-15-9-11-29-12-10-15/h3-12,35H,13H2,1-2H3,(H,30,36)(H,32,37)/b31-14+. The van der Waals surface area contributed by atoms with Gasteiger partial charge in [0.2, 0.25) is 0 Å². The van der Waals surface area contributed by atoms with E-state index in [-0.39, 0.29) is 33.6 Å². The van der Waals surface area contributed by atoms with Crippen LogP contribution >= 0.6 is 11.3 Å². The lowest BCUT2D eigenvalue weighted by Gasteiger charge is -2.08. The first-order valence-corrected chi connectivity index (χ1v) is 11.9. The number of benzene rings is 1. The van der Waals surface area contributed by atoms with Crippen LogP contribution in [-0.2, 0) is 19.8 Å². The highest BCUT2D eigenvalue weighted by Gasteiger charge is 2.30. The molecule has 0 atom stereocenters. The second kappa shape index (κ2) is 10.8. The topological polar surface area (TPSA) is 122 Å². The molecule has 4 aromatic rings. The van der Waals surface area contributed by atoms with Crippen molar-refractivity contribution in [3.05, 3.63) is 87.5 Å². The SMILES string of the molecule is C/C(=N\NC(=O)c1ccc(C(=O)NCc2ccncc2)s1)c1nn(C)c(-c2ccc(C(F)(F)F)cc2)c1O. The lowest BCUT2D eigenvalue weighted by atomic mass is 10.1. The summed E-state index contributed by atoms with van der Waals surface area (Å²) in [5.41, 5.74) is 3.15. The van der Waals surface area contributed by atoms with Crippen molar-refractivity contribution in [2.45, 2.75) is 19.6 Å². The predicted molar refractivity (Wildman–Crippen MR) is 135 cm³/mol. The summed E-state index contributed by atoms with van der Waals surface area (Å²) in [4.78, 5) is 29.5. The summed E-state index contributed by atoms with van der Waals surface area (Å²) in [6, 6.07) is 10.9. The van der Waals surface area contributed by atoms with E-state index in [2.05, 4.69) is 25.9 Å². The lowest BCUT2D eigenvalue weighted by molar-refractivity contribution is -0.137. The second-order valence-electron chi connectivity index (χ2n) is 8.08. The van der Waals surface area contributed by atoms with Crippen molar-refractivity contribution in [2.24, 2.45) is 12.1 Å². The molecule has 0 aliphatic rings. The van der Waals surface area contributed by atoms with Crippen molar-refractivity contribution in [3.63, 3.8) is 0 Å². The van der Waals surface area contributed by atoms with Crippen LogP contribution in [0.4, 0.5) is 13.2 Å². The third-order valence-electron chi connectivity index (χ3n) is 5.43. The van der Waals surface area contributed by atoms with E-state index in [9.17, 15) is 27.9 Å². The normalized spacial score (nSPS) is 11.9. The fraction of sp³-hybridized carbons (Fsp3) is 0.160. The van der Waals surface area contributed by atoms with Gasteiger partial charge in [0.05, 0.1) is 21.0 Å². The Bertz CT molecular complexity index is 1500. The largest absolute Gasteiger partial charge is 0.504 e. The zero-order chi connectivity index (χ0) is 27.4. The second-order valence-corrected chi connectivity index (χ2v) is 9.17. The molecule has 9 nitrogen and oxygen atoms in total. The van der Waals surface area contributed by atoms with Crippen LogP contribution in [0.3, 0.4) is 0 Å². The van der Waals surface area contributed by atoms with E-state index in [0.29, 0.717) is 17.0 Å². The molecule has 0 radical (unpaired) electrons. The van der Waals surface area contributed by atoms with Gasteiger partial charge >= 0.3 is 6.18 Å². The number of carbonyl (C=O) groups excluding carboxylic acids is 2. The monoisotopic (exact) mass is 542 g/mol. The van der Waals surface area contributed by atoms with Gasteiger partial charge in [0.1, 0.15) is 5.69 Å². The molecular weight excluding hydrogens is 521 g/mol. The number of aromatic nitrogens is 3. The van der Waals surface area contributed by atoms with E-state index < -0.39 is 17.6 Å². The van der Waals surface area contributed by atoms with E-state index in [1.165, 1.54) is 42.9 Å². The molecule has 0 spiro atoms. The Morgan fingerprint density at radius 1 is 1.03 bits per heavy atom. The Kier molecular flexibility index (Phi) is 7.57. The van der Waals surface area contributed by atoms with Gasteiger partial charge in [-0.1, -0.05) is 12.1 Å². The molecule has 0 bridgehead atoms. The molecule has 0 saturated heterocycles. The minimum absolute atomic E-state index is 0.0463. The molecule has 38 heavy (non-hydrogen) atoms. The van der Waals surface area contributed by atoms with E-state index in [4.69, 9.17) is 0 Å². The minimum atomic E-state index is -4.48. The summed E-state index contributed by atoms with van der Waals surface area (Å²) in [5, 5.41) is 21.6. The number of alkyl halides is 3. The molecule has 1 aromatic carbocycles. The maximum absolute atomic E-state index is 12.9. The number of amides is 2. The molecule has 196 valence electrons. The fourth-order valence-corrected chi connectivity index (χ4v) is 4.30. The Labute approximate surface area is 218 Å². The van der Waals surface area contributed by atoms with Gasteiger partial charge in [-0.2, -0.15) is 23.4 Å². The van der Waals surface area contributed by atoms with Crippen LogP contribution in [0.25, 0.3) is 11.3 Å². The highest BCUT2D eigenvalue weighted by Crippen LogP contribution is 2.35. The Hall–Kier alpha value is -4.52. The van der Waals surface area contributed by atoms with Gasteiger partial charge in [-0.25, -0.2) is 5.43 Å². The molecule has 13 heteroatoms. The fourth-order valence-electron chi connectivity index (χ4n) is 3.49. The van der Waals surface area contributed by atoms with Crippen molar-refractivity contribution in [1.29, 1.82) is 0 Å². The van der Waals surface area contributed by atoms with Crippen molar-refractivity contribution >= 4 is 28.9 Å². The van der Waals surface area contributed by atoms with E-state index >= 15 is 0 Å². The molecule has 0 unspecified atom stereocenters. The van der Waals surface area contributed by atoms with Gasteiger partial charge in [-0.05, 0) is 48.9 Å². The zero-order valence-electron chi connectivity index (χ0n) is 20.1. The summed E-state index contributed by atoms with van der Waals surface area (Å²) in [5.74, 6) is -1.20. The summed E-state index contributed by atoms with van der Waals surface area (Å²) in [6.45, 7) is 1.82. The number of nitrogens with one attached hydrogen (secondary N) is 2. The van der Waals surface area contributed by atoms with Crippen molar-refractivity contribution in [2.75, 3.05) is 0 Å². The number of hydrazone groups is 1. The number of carbonyl (C=O) groups is 2.